The molecule has 392 valence electrons. The summed E-state index contributed by atoms with van der Waals surface area (Å²) in [6.45, 7) is 3.78. The first-order valence-corrected chi connectivity index (χ1v) is 28.7. The molecule has 0 radical (unpaired) electrons. The number of phosphoric ester groups is 1. The molecule has 0 aromatic carbocycles. The summed E-state index contributed by atoms with van der Waals surface area (Å²) in [6, 6.07) is -1.24. The van der Waals surface area contributed by atoms with Crippen LogP contribution in [-0.2, 0) is 18.4 Å². The van der Waals surface area contributed by atoms with Crippen LogP contribution < -0.4 is 5.32 Å². The van der Waals surface area contributed by atoms with E-state index in [1.807, 2.05) is 0 Å². The van der Waals surface area contributed by atoms with Gasteiger partial charge in [-0.2, -0.15) is 0 Å². The van der Waals surface area contributed by atoms with Crippen molar-refractivity contribution >= 4 is 13.7 Å². The minimum Gasteiger partial charge on any atom is -0.393 e. The Labute approximate surface area is 401 Å². The lowest BCUT2D eigenvalue weighted by Crippen LogP contribution is -2.64. The number of aliphatic hydroxyl groups excluding tert-OH is 7. The highest BCUT2D eigenvalue weighted by molar-refractivity contribution is 7.47. The van der Waals surface area contributed by atoms with Gasteiger partial charge in [-0.1, -0.05) is 238 Å². The van der Waals surface area contributed by atoms with E-state index in [-0.39, 0.29) is 6.42 Å². The maximum absolute atomic E-state index is 13.1. The lowest BCUT2D eigenvalue weighted by atomic mass is 9.85. The zero-order chi connectivity index (χ0) is 48.7. The third-order valence-electron chi connectivity index (χ3n) is 13.4. The van der Waals surface area contributed by atoms with Crippen LogP contribution in [0.5, 0.6) is 0 Å². The second kappa shape index (κ2) is 41.8. The van der Waals surface area contributed by atoms with E-state index in [2.05, 4.69) is 19.2 Å². The molecule has 0 aliphatic heterocycles. The van der Waals surface area contributed by atoms with Gasteiger partial charge in [0.25, 0.3) is 0 Å². The molecule has 8 unspecified atom stereocenters. The molecule has 1 amide bonds. The second-order valence-electron chi connectivity index (χ2n) is 19.6. The second-order valence-corrected chi connectivity index (χ2v) is 21.0. The van der Waals surface area contributed by atoms with E-state index >= 15 is 0 Å². The Morgan fingerprint density at radius 1 is 0.530 bits per heavy atom. The summed E-state index contributed by atoms with van der Waals surface area (Å²) in [7, 11) is -5.14. The first kappa shape index (κ1) is 63.1. The number of carbonyl (C=O) groups excluding carboxylic acids is 1. The molecule has 9 N–H and O–H groups in total. The number of phosphoric acid groups is 1. The topological polar surface area (TPSA) is 226 Å². The zero-order valence-electron chi connectivity index (χ0n) is 41.9. The predicted molar refractivity (Wildman–Crippen MR) is 266 cm³/mol. The van der Waals surface area contributed by atoms with Crippen LogP contribution in [0.15, 0.2) is 12.2 Å². The molecule has 13 nitrogen and oxygen atoms in total. The first-order valence-electron chi connectivity index (χ1n) is 27.2. The standard InChI is InChI=1S/C52H102NO12P/c1-3-5-7-9-11-13-15-17-19-20-21-22-23-24-26-27-29-31-33-35-37-39-43(54)41-46(56)53-44(42-64-66(62,63)65-52-50(60)48(58)47(57)49(59)51(52)61)45(55)40-38-36-34-32-30-28-25-18-16-14-12-10-8-6-4-2/h38,40,43-45,47-52,54-55,57-61H,3-37,39,41-42H2,1-2H3,(H,53,56)(H,62,63)/b40-38+. The van der Waals surface area contributed by atoms with Crippen molar-refractivity contribution < 1.29 is 59.0 Å². The van der Waals surface area contributed by atoms with Gasteiger partial charge in [0.15, 0.2) is 0 Å². The molecule has 0 saturated heterocycles. The van der Waals surface area contributed by atoms with Gasteiger partial charge in [-0.15, -0.1) is 0 Å². The number of allylic oxidation sites excluding steroid dienone is 1. The number of hydrogen-bond donors (Lipinski definition) is 9. The lowest BCUT2D eigenvalue weighted by molar-refractivity contribution is -0.220. The van der Waals surface area contributed by atoms with Crippen molar-refractivity contribution in [3.05, 3.63) is 12.2 Å². The minimum atomic E-state index is -5.14. The molecule has 8 atom stereocenters. The van der Waals surface area contributed by atoms with Crippen molar-refractivity contribution in [3.8, 4) is 0 Å². The molecule has 0 spiro atoms. The van der Waals surface area contributed by atoms with Crippen molar-refractivity contribution in [2.75, 3.05) is 6.61 Å². The van der Waals surface area contributed by atoms with E-state index in [0.29, 0.717) is 12.8 Å². The molecule has 14 heteroatoms. The Hall–Kier alpha value is -0.960. The lowest BCUT2D eigenvalue weighted by Gasteiger charge is -2.41. The van der Waals surface area contributed by atoms with Crippen LogP contribution in [-0.4, -0.2) is 108 Å². The molecule has 66 heavy (non-hydrogen) atoms. The fraction of sp³-hybridized carbons (Fsp3) is 0.942. The SMILES string of the molecule is CCCCCCCCCCCCCCC/C=C/C(O)C(COP(=O)(O)OC1C(O)C(O)C(O)C(O)C1O)NC(=O)CC(O)CCCCCCCCCCCCCCCCCCCCCCC. The van der Waals surface area contributed by atoms with E-state index in [0.717, 1.165) is 44.9 Å². The van der Waals surface area contributed by atoms with E-state index in [1.165, 1.54) is 179 Å². The Morgan fingerprint density at radius 3 is 1.24 bits per heavy atom. The molecule has 1 rings (SSSR count). The van der Waals surface area contributed by atoms with Crippen LogP contribution in [0.4, 0.5) is 0 Å². The molecule has 1 saturated carbocycles. The van der Waals surface area contributed by atoms with Crippen LogP contribution in [0.3, 0.4) is 0 Å². The average molecular weight is 964 g/mol. The first-order chi connectivity index (χ1) is 31.8. The van der Waals surface area contributed by atoms with Gasteiger partial charge in [-0.3, -0.25) is 13.8 Å². The number of rotatable bonds is 46. The van der Waals surface area contributed by atoms with Crippen molar-refractivity contribution in [1.29, 1.82) is 0 Å². The largest absolute Gasteiger partial charge is 0.472 e. The molecule has 0 aromatic rings. The van der Waals surface area contributed by atoms with Gasteiger partial charge in [-0.05, 0) is 19.3 Å². The minimum absolute atomic E-state index is 0.239. The summed E-state index contributed by atoms with van der Waals surface area (Å²) < 4.78 is 22.9. The van der Waals surface area contributed by atoms with Gasteiger partial charge in [-0.25, -0.2) is 4.57 Å². The van der Waals surface area contributed by atoms with Gasteiger partial charge in [0, 0.05) is 0 Å². The van der Waals surface area contributed by atoms with Crippen molar-refractivity contribution in [1.82, 2.24) is 5.32 Å². The Bertz CT molecular complexity index is 1180. The van der Waals surface area contributed by atoms with E-state index in [1.54, 1.807) is 6.08 Å². The normalized spacial score (nSPS) is 22.4. The number of amides is 1. The Balaban J connectivity index is 2.42. The molecule has 1 fully saturated rings. The van der Waals surface area contributed by atoms with Crippen LogP contribution in [0, 0.1) is 0 Å². The molecule has 0 bridgehead atoms. The van der Waals surface area contributed by atoms with E-state index < -0.39 is 75.2 Å². The van der Waals surface area contributed by atoms with Gasteiger partial charge >= 0.3 is 7.82 Å². The summed E-state index contributed by atoms with van der Waals surface area (Å²) in [6.07, 6.45) is 33.0. The van der Waals surface area contributed by atoms with Crippen molar-refractivity contribution in [3.63, 3.8) is 0 Å². The molecular weight excluding hydrogens is 862 g/mol. The fourth-order valence-electron chi connectivity index (χ4n) is 8.95. The summed E-state index contributed by atoms with van der Waals surface area (Å²) in [5, 5.41) is 74.7. The maximum atomic E-state index is 13.1. The third kappa shape index (κ3) is 32.8. The monoisotopic (exact) mass is 964 g/mol. The van der Waals surface area contributed by atoms with Crippen molar-refractivity contribution in [2.45, 2.75) is 306 Å². The van der Waals surface area contributed by atoms with Crippen LogP contribution >= 0.6 is 7.82 Å². The zero-order valence-corrected chi connectivity index (χ0v) is 42.8. The van der Waals surface area contributed by atoms with Crippen LogP contribution in [0.2, 0.25) is 0 Å². The number of unbranched alkanes of at least 4 members (excludes halogenated alkanes) is 33. The number of hydrogen-bond acceptors (Lipinski definition) is 11. The smallest absolute Gasteiger partial charge is 0.393 e. The molecule has 1 aliphatic rings. The van der Waals surface area contributed by atoms with Gasteiger partial charge in [0.2, 0.25) is 5.91 Å². The highest BCUT2D eigenvalue weighted by Gasteiger charge is 2.51. The van der Waals surface area contributed by atoms with Gasteiger partial charge < -0.3 is 46.0 Å². The quantitative estimate of drug-likeness (QED) is 0.0158. The maximum Gasteiger partial charge on any atom is 0.472 e. The third-order valence-corrected chi connectivity index (χ3v) is 14.4. The highest BCUT2D eigenvalue weighted by atomic mass is 31.2. The number of nitrogens with one attached hydrogen (secondary N) is 1. The van der Waals surface area contributed by atoms with Gasteiger partial charge in [0.1, 0.15) is 36.6 Å². The summed E-state index contributed by atoms with van der Waals surface area (Å²) in [5.74, 6) is -0.587. The Kier molecular flexibility index (Phi) is 39.9. The predicted octanol–water partition coefficient (Wildman–Crippen LogP) is 10.5. The highest BCUT2D eigenvalue weighted by Crippen LogP contribution is 2.47. The molecule has 0 aromatic heterocycles. The van der Waals surface area contributed by atoms with Gasteiger partial charge in [0.05, 0.1) is 31.3 Å². The molecule has 0 heterocycles. The summed E-state index contributed by atoms with van der Waals surface area (Å²) >= 11 is 0. The van der Waals surface area contributed by atoms with Crippen molar-refractivity contribution in [2.24, 2.45) is 0 Å². The molecular formula is C52H102NO12P. The molecule has 1 aliphatic carbocycles. The fourth-order valence-corrected chi connectivity index (χ4v) is 9.92. The summed E-state index contributed by atoms with van der Waals surface area (Å²) in [5.41, 5.74) is 0. The summed E-state index contributed by atoms with van der Waals surface area (Å²) in [4.78, 5) is 23.5. The van der Waals surface area contributed by atoms with E-state index in [9.17, 15) is 50.0 Å². The number of carbonyl (C=O) groups is 1. The van der Waals surface area contributed by atoms with Crippen LogP contribution in [0.1, 0.15) is 251 Å². The Morgan fingerprint density at radius 2 is 0.864 bits per heavy atom. The van der Waals surface area contributed by atoms with Crippen LogP contribution in [0.25, 0.3) is 0 Å². The number of aliphatic hydroxyl groups is 7. The average Bonchev–Trinajstić information content (AvgIpc) is 3.29. The van der Waals surface area contributed by atoms with E-state index in [4.69, 9.17) is 9.05 Å².